The van der Waals surface area contributed by atoms with Gasteiger partial charge in [-0.2, -0.15) is 0 Å². The van der Waals surface area contributed by atoms with Crippen molar-refractivity contribution in [3.8, 4) is 0 Å². The number of aliphatic hydroxyl groups is 1. The fourth-order valence-corrected chi connectivity index (χ4v) is 4.16. The fraction of sp³-hybridized carbons (Fsp3) is 0.500. The predicted molar refractivity (Wildman–Crippen MR) is 88.3 cm³/mol. The lowest BCUT2D eigenvalue weighted by molar-refractivity contribution is -0.156. The van der Waals surface area contributed by atoms with E-state index in [4.69, 9.17) is 4.74 Å². The molecule has 3 rings (SSSR count). The van der Waals surface area contributed by atoms with Gasteiger partial charge in [-0.1, -0.05) is 24.3 Å². The van der Waals surface area contributed by atoms with Gasteiger partial charge in [0, 0.05) is 12.6 Å². The Morgan fingerprint density at radius 1 is 1.32 bits per heavy atom. The SMILES string of the molecule is CCN1C(=O)[C@H]2[C@@H](c3ccccc3C)N[C@@](CO)(C(=O)OC)[C@@H]2C1=O. The van der Waals surface area contributed by atoms with Crippen LogP contribution in [0.2, 0.25) is 0 Å². The van der Waals surface area contributed by atoms with Crippen LogP contribution in [0.1, 0.15) is 24.1 Å². The van der Waals surface area contributed by atoms with E-state index in [1.165, 1.54) is 7.11 Å². The molecule has 1 aromatic carbocycles. The van der Waals surface area contributed by atoms with Gasteiger partial charge in [0.1, 0.15) is 0 Å². The van der Waals surface area contributed by atoms with Gasteiger partial charge in [-0.15, -0.1) is 0 Å². The first-order valence-electron chi connectivity index (χ1n) is 8.30. The number of imide groups is 1. The number of nitrogens with zero attached hydrogens (tertiary/aromatic N) is 1. The Hall–Kier alpha value is -2.25. The molecule has 2 amide bonds. The number of amides is 2. The van der Waals surface area contributed by atoms with Crippen LogP contribution in [0.4, 0.5) is 0 Å². The third-order valence-electron chi connectivity index (χ3n) is 5.38. The standard InChI is InChI=1S/C18H22N2O5/c1-4-20-15(22)12-13(16(20)23)18(9-21,17(24)25-3)19-14(12)11-8-6-5-7-10(11)2/h5-8,12-14,19,21H,4,9H2,1-3H3/t12-,13+,14-,18-/m1/s1. The number of rotatable bonds is 4. The molecule has 2 heterocycles. The van der Waals surface area contributed by atoms with Crippen LogP contribution in [0.25, 0.3) is 0 Å². The number of hydrogen-bond donors (Lipinski definition) is 2. The van der Waals surface area contributed by atoms with E-state index in [-0.39, 0.29) is 12.5 Å². The molecule has 0 radical (unpaired) electrons. The molecule has 4 atom stereocenters. The van der Waals surface area contributed by atoms with Crippen molar-refractivity contribution in [2.24, 2.45) is 11.8 Å². The van der Waals surface area contributed by atoms with Crippen molar-refractivity contribution in [3.05, 3.63) is 35.4 Å². The summed E-state index contributed by atoms with van der Waals surface area (Å²) in [5, 5.41) is 13.1. The second kappa shape index (κ2) is 6.24. The number of ether oxygens (including phenoxy) is 1. The Kier molecular flexibility index (Phi) is 4.38. The van der Waals surface area contributed by atoms with Crippen molar-refractivity contribution in [3.63, 3.8) is 0 Å². The van der Waals surface area contributed by atoms with E-state index < -0.39 is 41.9 Å². The molecular formula is C18H22N2O5. The summed E-state index contributed by atoms with van der Waals surface area (Å²) in [5.74, 6) is -3.24. The number of aliphatic hydroxyl groups excluding tert-OH is 1. The molecule has 25 heavy (non-hydrogen) atoms. The van der Waals surface area contributed by atoms with E-state index in [0.717, 1.165) is 16.0 Å². The molecule has 2 fully saturated rings. The van der Waals surface area contributed by atoms with Crippen molar-refractivity contribution in [1.82, 2.24) is 10.2 Å². The zero-order valence-electron chi connectivity index (χ0n) is 14.5. The van der Waals surface area contributed by atoms with Gasteiger partial charge < -0.3 is 9.84 Å². The molecule has 0 bridgehead atoms. The summed E-state index contributed by atoms with van der Waals surface area (Å²) in [6, 6.07) is 6.94. The number of nitrogens with one attached hydrogen (secondary N) is 1. The molecule has 7 heteroatoms. The lowest BCUT2D eigenvalue weighted by Crippen LogP contribution is -2.58. The number of likely N-dealkylation sites (tertiary alicyclic amines) is 1. The summed E-state index contributed by atoms with van der Waals surface area (Å²) >= 11 is 0. The number of benzene rings is 1. The van der Waals surface area contributed by atoms with Crippen LogP contribution in [0, 0.1) is 18.8 Å². The minimum atomic E-state index is -1.62. The third-order valence-corrected chi connectivity index (χ3v) is 5.38. The van der Waals surface area contributed by atoms with Gasteiger partial charge in [0.15, 0.2) is 5.54 Å². The highest BCUT2D eigenvalue weighted by Crippen LogP contribution is 2.49. The first kappa shape index (κ1) is 17.6. The maximum absolute atomic E-state index is 12.9. The number of esters is 1. The third kappa shape index (κ3) is 2.30. The largest absolute Gasteiger partial charge is 0.468 e. The molecular weight excluding hydrogens is 324 g/mol. The van der Waals surface area contributed by atoms with E-state index in [2.05, 4.69) is 5.32 Å². The molecule has 2 aliphatic rings. The minimum absolute atomic E-state index is 0.230. The van der Waals surface area contributed by atoms with E-state index in [1.807, 2.05) is 31.2 Å². The summed E-state index contributed by atoms with van der Waals surface area (Å²) in [7, 11) is 1.20. The average Bonchev–Trinajstić information content (AvgIpc) is 3.09. The first-order valence-corrected chi connectivity index (χ1v) is 8.30. The molecule has 2 N–H and O–H groups in total. The van der Waals surface area contributed by atoms with E-state index in [9.17, 15) is 19.5 Å². The highest BCUT2D eigenvalue weighted by molar-refractivity contribution is 6.09. The van der Waals surface area contributed by atoms with E-state index in [0.29, 0.717) is 0 Å². The summed E-state index contributed by atoms with van der Waals surface area (Å²) < 4.78 is 4.86. The highest BCUT2D eigenvalue weighted by Gasteiger charge is 2.68. The molecule has 0 unspecified atom stereocenters. The Balaban J connectivity index is 2.17. The van der Waals surface area contributed by atoms with Gasteiger partial charge >= 0.3 is 5.97 Å². The van der Waals surface area contributed by atoms with Crippen molar-refractivity contribution < 1.29 is 24.2 Å². The molecule has 1 aromatic rings. The van der Waals surface area contributed by atoms with Crippen molar-refractivity contribution in [2.75, 3.05) is 20.3 Å². The number of fused-ring (bicyclic) bond motifs is 1. The Morgan fingerprint density at radius 2 is 2.00 bits per heavy atom. The van der Waals surface area contributed by atoms with Crippen molar-refractivity contribution >= 4 is 17.8 Å². The first-order chi connectivity index (χ1) is 11.9. The van der Waals surface area contributed by atoms with Gasteiger partial charge in [-0.05, 0) is 25.0 Å². The van der Waals surface area contributed by atoms with Gasteiger partial charge in [-0.25, -0.2) is 4.79 Å². The van der Waals surface area contributed by atoms with Crippen LogP contribution in [0.3, 0.4) is 0 Å². The molecule has 0 saturated carbocycles. The number of carbonyl (C=O) groups excluding carboxylic acids is 3. The maximum atomic E-state index is 12.9. The summed E-state index contributed by atoms with van der Waals surface area (Å²) in [5.41, 5.74) is 0.145. The van der Waals surface area contributed by atoms with Gasteiger partial charge in [0.2, 0.25) is 11.8 Å². The topological polar surface area (TPSA) is 95.9 Å². The van der Waals surface area contributed by atoms with E-state index in [1.54, 1.807) is 6.92 Å². The minimum Gasteiger partial charge on any atom is -0.468 e. The molecule has 0 aromatic heterocycles. The summed E-state index contributed by atoms with van der Waals surface area (Å²) in [6.07, 6.45) is 0. The monoisotopic (exact) mass is 346 g/mol. The zero-order chi connectivity index (χ0) is 18.4. The van der Waals surface area contributed by atoms with Crippen LogP contribution < -0.4 is 5.32 Å². The molecule has 0 aliphatic carbocycles. The highest BCUT2D eigenvalue weighted by atomic mass is 16.5. The fourth-order valence-electron chi connectivity index (χ4n) is 4.16. The zero-order valence-corrected chi connectivity index (χ0v) is 14.5. The van der Waals surface area contributed by atoms with Gasteiger partial charge in [0.25, 0.3) is 0 Å². The Labute approximate surface area is 146 Å². The Bertz CT molecular complexity index is 734. The van der Waals surface area contributed by atoms with E-state index >= 15 is 0 Å². The maximum Gasteiger partial charge on any atom is 0.329 e. The molecule has 7 nitrogen and oxygen atoms in total. The van der Waals surface area contributed by atoms with Crippen LogP contribution in [0.15, 0.2) is 24.3 Å². The summed E-state index contributed by atoms with van der Waals surface area (Å²) in [6.45, 7) is 3.22. The quantitative estimate of drug-likeness (QED) is 0.596. The molecule has 134 valence electrons. The lowest BCUT2D eigenvalue weighted by Gasteiger charge is -2.30. The smallest absolute Gasteiger partial charge is 0.329 e. The number of aryl methyl sites for hydroxylation is 1. The second-order valence-electron chi connectivity index (χ2n) is 6.52. The van der Waals surface area contributed by atoms with Crippen LogP contribution in [-0.4, -0.2) is 53.6 Å². The lowest BCUT2D eigenvalue weighted by atomic mass is 9.79. The number of methoxy groups -OCH3 is 1. The van der Waals surface area contributed by atoms with Crippen molar-refractivity contribution in [1.29, 1.82) is 0 Å². The second-order valence-corrected chi connectivity index (χ2v) is 6.52. The Morgan fingerprint density at radius 3 is 2.56 bits per heavy atom. The van der Waals surface area contributed by atoms with Crippen LogP contribution in [-0.2, 0) is 19.1 Å². The average molecular weight is 346 g/mol. The normalized spacial score (nSPS) is 31.4. The molecule has 2 aliphatic heterocycles. The molecule has 2 saturated heterocycles. The van der Waals surface area contributed by atoms with Crippen LogP contribution in [0.5, 0.6) is 0 Å². The summed E-state index contributed by atoms with van der Waals surface area (Å²) in [4.78, 5) is 39.4. The number of hydrogen-bond acceptors (Lipinski definition) is 6. The number of carbonyl (C=O) groups is 3. The van der Waals surface area contributed by atoms with Gasteiger partial charge in [-0.3, -0.25) is 19.8 Å². The molecule has 0 spiro atoms. The van der Waals surface area contributed by atoms with Gasteiger partial charge in [0.05, 0.1) is 25.6 Å². The predicted octanol–water partition coefficient (Wildman–Crippen LogP) is 0.165. The van der Waals surface area contributed by atoms with Crippen LogP contribution >= 0.6 is 0 Å². The van der Waals surface area contributed by atoms with Crippen molar-refractivity contribution in [2.45, 2.75) is 25.4 Å².